The second-order valence-electron chi connectivity index (χ2n) is 3.69. The van der Waals surface area contributed by atoms with Crippen LogP contribution >= 0.6 is 27.3 Å². The number of thiophene rings is 1. The third-order valence-electron chi connectivity index (χ3n) is 2.23. The second kappa shape index (κ2) is 6.76. The molecule has 94 valence electrons. The maximum Gasteiger partial charge on any atom is 0.255 e. The van der Waals surface area contributed by atoms with Crippen LogP contribution in [-0.2, 0) is 4.79 Å². The zero-order valence-electron chi connectivity index (χ0n) is 9.61. The van der Waals surface area contributed by atoms with Gasteiger partial charge in [0.25, 0.3) is 5.91 Å². The highest BCUT2D eigenvalue weighted by Gasteiger charge is 2.18. The summed E-state index contributed by atoms with van der Waals surface area (Å²) in [6.07, 6.45) is 1.83. The number of unbranched alkanes of at least 4 members (excludes halogenated alkanes) is 1. The highest BCUT2D eigenvalue weighted by Crippen LogP contribution is 2.21. The predicted molar refractivity (Wildman–Crippen MR) is 72.0 cm³/mol. The number of nitrogens with two attached hydrogens (primary N) is 1. The molecule has 0 aliphatic carbocycles. The smallest absolute Gasteiger partial charge is 0.255 e. The van der Waals surface area contributed by atoms with E-state index >= 15 is 0 Å². The maximum absolute atomic E-state index is 12.1. The number of hydrogen-bond acceptors (Lipinski definition) is 3. The lowest BCUT2D eigenvalue weighted by atomic mass is 10.2. The highest BCUT2D eigenvalue weighted by molar-refractivity contribution is 9.11. The van der Waals surface area contributed by atoms with Crippen molar-refractivity contribution >= 4 is 39.1 Å². The summed E-state index contributed by atoms with van der Waals surface area (Å²) in [5.74, 6) is -0.622. The van der Waals surface area contributed by atoms with E-state index in [1.165, 1.54) is 16.2 Å². The van der Waals surface area contributed by atoms with E-state index in [2.05, 4.69) is 15.9 Å². The summed E-state index contributed by atoms with van der Waals surface area (Å²) >= 11 is 4.76. The number of carbonyl (C=O) groups excluding carboxylic acids is 2. The van der Waals surface area contributed by atoms with Crippen LogP contribution < -0.4 is 5.73 Å². The van der Waals surface area contributed by atoms with Crippen molar-refractivity contribution in [2.24, 2.45) is 5.73 Å². The van der Waals surface area contributed by atoms with Crippen molar-refractivity contribution in [3.63, 3.8) is 0 Å². The van der Waals surface area contributed by atoms with Crippen molar-refractivity contribution in [1.82, 2.24) is 4.90 Å². The van der Waals surface area contributed by atoms with Gasteiger partial charge < -0.3 is 10.6 Å². The van der Waals surface area contributed by atoms with Crippen molar-refractivity contribution < 1.29 is 9.59 Å². The molecule has 0 aliphatic rings. The van der Waals surface area contributed by atoms with Gasteiger partial charge in [-0.05, 0) is 28.4 Å². The van der Waals surface area contributed by atoms with Gasteiger partial charge in [0.1, 0.15) is 0 Å². The van der Waals surface area contributed by atoms with Crippen molar-refractivity contribution in [1.29, 1.82) is 0 Å². The van der Waals surface area contributed by atoms with Gasteiger partial charge in [0.2, 0.25) is 5.91 Å². The summed E-state index contributed by atoms with van der Waals surface area (Å²) in [7, 11) is 0. The van der Waals surface area contributed by atoms with E-state index in [0.29, 0.717) is 12.1 Å². The van der Waals surface area contributed by atoms with Crippen LogP contribution in [0.3, 0.4) is 0 Å². The molecule has 2 amide bonds. The molecule has 0 unspecified atom stereocenters. The molecule has 2 N–H and O–H groups in total. The first-order valence-corrected chi connectivity index (χ1v) is 7.03. The highest BCUT2D eigenvalue weighted by atomic mass is 79.9. The standard InChI is InChI=1S/C11H15BrN2O2S/c1-2-3-4-14(6-10(13)15)11(16)8-5-9(12)17-7-8/h5,7H,2-4,6H2,1H3,(H2,13,15). The Hall–Kier alpha value is -0.880. The molecule has 0 aliphatic heterocycles. The molecule has 0 radical (unpaired) electrons. The molecule has 0 saturated carbocycles. The zero-order chi connectivity index (χ0) is 12.8. The van der Waals surface area contributed by atoms with Gasteiger partial charge in [0, 0.05) is 11.9 Å². The predicted octanol–water partition coefficient (Wildman–Crippen LogP) is 2.24. The van der Waals surface area contributed by atoms with Crippen molar-refractivity contribution in [2.75, 3.05) is 13.1 Å². The Bertz CT molecular complexity index is 406. The van der Waals surface area contributed by atoms with E-state index in [0.717, 1.165) is 16.6 Å². The minimum absolute atomic E-state index is 0.0215. The molecular weight excluding hydrogens is 304 g/mol. The number of primary amides is 1. The molecule has 1 rings (SSSR count). The molecule has 4 nitrogen and oxygen atoms in total. The monoisotopic (exact) mass is 318 g/mol. The molecule has 0 aromatic carbocycles. The van der Waals surface area contributed by atoms with Crippen LogP contribution in [0, 0.1) is 0 Å². The van der Waals surface area contributed by atoms with Crippen LogP contribution in [-0.4, -0.2) is 29.8 Å². The first kappa shape index (κ1) is 14.2. The molecule has 1 aromatic rings. The van der Waals surface area contributed by atoms with Gasteiger partial charge in [-0.3, -0.25) is 9.59 Å². The van der Waals surface area contributed by atoms with Crippen molar-refractivity contribution in [3.05, 3.63) is 20.8 Å². The van der Waals surface area contributed by atoms with Gasteiger partial charge >= 0.3 is 0 Å². The first-order chi connectivity index (χ1) is 8.04. The summed E-state index contributed by atoms with van der Waals surface area (Å²) in [5.41, 5.74) is 5.74. The van der Waals surface area contributed by atoms with E-state index in [1.54, 1.807) is 11.4 Å². The fourth-order valence-electron chi connectivity index (χ4n) is 1.39. The molecule has 0 fully saturated rings. The van der Waals surface area contributed by atoms with Crippen molar-refractivity contribution in [2.45, 2.75) is 19.8 Å². The summed E-state index contributed by atoms with van der Waals surface area (Å²) in [6, 6.07) is 1.76. The lowest BCUT2D eigenvalue weighted by Crippen LogP contribution is -2.38. The van der Waals surface area contributed by atoms with Crippen LogP contribution in [0.25, 0.3) is 0 Å². The van der Waals surface area contributed by atoms with Gasteiger partial charge in [0.15, 0.2) is 0 Å². The molecule has 0 bridgehead atoms. The number of rotatable bonds is 6. The fraction of sp³-hybridized carbons (Fsp3) is 0.455. The first-order valence-electron chi connectivity index (χ1n) is 5.36. The second-order valence-corrected chi connectivity index (χ2v) is 5.98. The average molecular weight is 319 g/mol. The van der Waals surface area contributed by atoms with Crippen LogP contribution in [0.5, 0.6) is 0 Å². The number of amides is 2. The van der Waals surface area contributed by atoms with Gasteiger partial charge in [0.05, 0.1) is 15.9 Å². The van der Waals surface area contributed by atoms with Crippen LogP contribution in [0.1, 0.15) is 30.1 Å². The number of nitrogens with zero attached hydrogens (tertiary/aromatic N) is 1. The minimum atomic E-state index is -0.483. The zero-order valence-corrected chi connectivity index (χ0v) is 12.0. The number of carbonyl (C=O) groups is 2. The number of halogens is 1. The van der Waals surface area contributed by atoms with Crippen LogP contribution in [0.4, 0.5) is 0 Å². The molecule has 0 atom stereocenters. The van der Waals surface area contributed by atoms with Gasteiger partial charge in [-0.2, -0.15) is 0 Å². The quantitative estimate of drug-likeness (QED) is 0.874. The fourth-order valence-corrected chi connectivity index (χ4v) is 2.52. The van der Waals surface area contributed by atoms with Gasteiger partial charge in [-0.25, -0.2) is 0 Å². The van der Waals surface area contributed by atoms with Crippen LogP contribution in [0.15, 0.2) is 15.2 Å². The SMILES string of the molecule is CCCCN(CC(N)=O)C(=O)c1csc(Br)c1. The van der Waals surface area contributed by atoms with Crippen molar-refractivity contribution in [3.8, 4) is 0 Å². The third kappa shape index (κ3) is 4.47. The molecule has 6 heteroatoms. The topological polar surface area (TPSA) is 63.4 Å². The summed E-state index contributed by atoms with van der Waals surface area (Å²) < 4.78 is 0.898. The minimum Gasteiger partial charge on any atom is -0.368 e. The maximum atomic E-state index is 12.1. The average Bonchev–Trinajstić information content (AvgIpc) is 2.69. The molecule has 17 heavy (non-hydrogen) atoms. The summed E-state index contributed by atoms with van der Waals surface area (Å²) in [4.78, 5) is 24.5. The van der Waals surface area contributed by atoms with E-state index in [1.807, 2.05) is 6.92 Å². The summed E-state index contributed by atoms with van der Waals surface area (Å²) in [5, 5.41) is 1.77. The Kier molecular flexibility index (Phi) is 5.64. The van der Waals surface area contributed by atoms with E-state index in [-0.39, 0.29) is 12.5 Å². The molecule has 1 aromatic heterocycles. The molecule has 0 saturated heterocycles. The van der Waals surface area contributed by atoms with E-state index < -0.39 is 5.91 Å². The van der Waals surface area contributed by atoms with Crippen LogP contribution in [0.2, 0.25) is 0 Å². The lowest BCUT2D eigenvalue weighted by molar-refractivity contribution is -0.118. The molecule has 0 spiro atoms. The Labute approximate surface area is 113 Å². The molecule has 1 heterocycles. The largest absolute Gasteiger partial charge is 0.368 e. The lowest BCUT2D eigenvalue weighted by Gasteiger charge is -2.20. The van der Waals surface area contributed by atoms with Gasteiger partial charge in [-0.15, -0.1) is 11.3 Å². The summed E-state index contributed by atoms with van der Waals surface area (Å²) in [6.45, 7) is 2.58. The van der Waals surface area contributed by atoms with E-state index in [9.17, 15) is 9.59 Å². The number of hydrogen-bond donors (Lipinski definition) is 1. The Morgan fingerprint density at radius 3 is 2.71 bits per heavy atom. The van der Waals surface area contributed by atoms with Gasteiger partial charge in [-0.1, -0.05) is 13.3 Å². The normalized spacial score (nSPS) is 10.2. The third-order valence-corrected chi connectivity index (χ3v) is 3.73. The Balaban J connectivity index is 2.74. The Morgan fingerprint density at radius 1 is 1.53 bits per heavy atom. The molecular formula is C11H15BrN2O2S. The Morgan fingerprint density at radius 2 is 2.24 bits per heavy atom. The van der Waals surface area contributed by atoms with E-state index in [4.69, 9.17) is 5.73 Å².